The molecule has 2 N–H and O–H groups in total. The fourth-order valence-electron chi connectivity index (χ4n) is 4.38. The first-order valence-electron chi connectivity index (χ1n) is 11.3. The van der Waals surface area contributed by atoms with E-state index in [9.17, 15) is 4.79 Å². The van der Waals surface area contributed by atoms with Crippen LogP contribution in [0.2, 0.25) is 0 Å². The summed E-state index contributed by atoms with van der Waals surface area (Å²) in [5.41, 5.74) is 4.98. The lowest BCUT2D eigenvalue weighted by Gasteiger charge is -2.31. The average Bonchev–Trinajstić information content (AvgIpc) is 3.46. The van der Waals surface area contributed by atoms with Gasteiger partial charge in [-0.1, -0.05) is 12.1 Å². The van der Waals surface area contributed by atoms with E-state index in [2.05, 4.69) is 38.4 Å². The Morgan fingerprint density at radius 3 is 2.81 bits per heavy atom. The van der Waals surface area contributed by atoms with Gasteiger partial charge in [-0.05, 0) is 62.7 Å². The van der Waals surface area contributed by atoms with Crippen molar-refractivity contribution < 1.29 is 4.79 Å². The van der Waals surface area contributed by atoms with Crippen molar-refractivity contribution in [1.82, 2.24) is 24.6 Å². The number of aromatic nitrogens is 4. The fraction of sp³-hybridized carbons (Fsp3) is 0.320. The van der Waals surface area contributed by atoms with Gasteiger partial charge in [-0.25, -0.2) is 4.98 Å². The van der Waals surface area contributed by atoms with Crippen LogP contribution in [0.3, 0.4) is 0 Å². The van der Waals surface area contributed by atoms with Crippen LogP contribution in [0.4, 0.5) is 5.69 Å². The number of imidazole rings is 1. The van der Waals surface area contributed by atoms with E-state index in [-0.39, 0.29) is 11.8 Å². The molecule has 2 aromatic heterocycles. The average molecular weight is 429 g/mol. The first-order chi connectivity index (χ1) is 15.7. The minimum Gasteiger partial charge on any atom is -0.338 e. The Morgan fingerprint density at radius 1 is 1.19 bits per heavy atom. The van der Waals surface area contributed by atoms with E-state index >= 15 is 0 Å². The van der Waals surface area contributed by atoms with Gasteiger partial charge >= 0.3 is 0 Å². The maximum atomic E-state index is 12.9. The third kappa shape index (κ3) is 4.43. The molecule has 1 atom stereocenters. The third-order valence-corrected chi connectivity index (χ3v) is 6.11. The minimum absolute atomic E-state index is 0.0000181. The van der Waals surface area contributed by atoms with E-state index in [1.54, 1.807) is 0 Å². The van der Waals surface area contributed by atoms with Crippen molar-refractivity contribution in [3.05, 3.63) is 66.5 Å². The number of amides is 1. The van der Waals surface area contributed by atoms with Crippen LogP contribution in [0.25, 0.3) is 22.4 Å². The molecule has 1 aliphatic rings. The Balaban J connectivity index is 1.20. The number of aromatic amines is 1. The number of hydrogen-bond acceptors (Lipinski definition) is 4. The summed E-state index contributed by atoms with van der Waals surface area (Å²) >= 11 is 0. The lowest BCUT2D eigenvalue weighted by Crippen LogP contribution is -2.40. The zero-order chi connectivity index (χ0) is 21.9. The topological polar surface area (TPSA) is 78.8 Å². The molecule has 0 aliphatic carbocycles. The SMILES string of the molecule is CCn1cc(CN2CCC[C@H](C(=O)Nc3ccc(-c4nc5ccccc5[nH]4)cc3)C2)cn1. The summed E-state index contributed by atoms with van der Waals surface area (Å²) in [4.78, 5) is 23.3. The van der Waals surface area contributed by atoms with Crippen LogP contribution in [-0.2, 0) is 17.9 Å². The normalized spacial score (nSPS) is 17.0. The lowest BCUT2D eigenvalue weighted by molar-refractivity contribution is -0.121. The molecule has 4 aromatic rings. The van der Waals surface area contributed by atoms with E-state index in [0.717, 1.165) is 67.1 Å². The number of hydrogen-bond donors (Lipinski definition) is 2. The molecule has 32 heavy (non-hydrogen) atoms. The zero-order valence-electron chi connectivity index (χ0n) is 18.3. The van der Waals surface area contributed by atoms with E-state index in [0.29, 0.717) is 0 Å². The van der Waals surface area contributed by atoms with Crippen molar-refractivity contribution in [2.45, 2.75) is 32.9 Å². The second-order valence-corrected chi connectivity index (χ2v) is 8.45. The van der Waals surface area contributed by atoms with Gasteiger partial charge in [-0.2, -0.15) is 5.10 Å². The molecule has 7 heteroatoms. The van der Waals surface area contributed by atoms with Crippen molar-refractivity contribution in [1.29, 1.82) is 0 Å². The number of fused-ring (bicyclic) bond motifs is 1. The van der Waals surface area contributed by atoms with Crippen molar-refractivity contribution in [3.8, 4) is 11.4 Å². The number of anilines is 1. The molecule has 7 nitrogen and oxygen atoms in total. The molecule has 1 fully saturated rings. The molecule has 164 valence electrons. The second kappa shape index (κ2) is 8.96. The number of rotatable bonds is 6. The molecule has 5 rings (SSSR count). The van der Waals surface area contributed by atoms with Crippen LogP contribution in [0, 0.1) is 5.92 Å². The van der Waals surface area contributed by atoms with Gasteiger partial charge < -0.3 is 10.3 Å². The van der Waals surface area contributed by atoms with Crippen molar-refractivity contribution >= 4 is 22.6 Å². The van der Waals surface area contributed by atoms with E-state index in [1.807, 2.05) is 59.4 Å². The molecule has 0 unspecified atom stereocenters. The summed E-state index contributed by atoms with van der Waals surface area (Å²) in [6.45, 7) is 5.60. The number of benzene rings is 2. The highest BCUT2D eigenvalue weighted by Gasteiger charge is 2.26. The molecule has 0 radical (unpaired) electrons. The number of carbonyl (C=O) groups excluding carboxylic acids is 1. The maximum Gasteiger partial charge on any atom is 0.228 e. The molecule has 3 heterocycles. The Kier molecular flexibility index (Phi) is 5.73. The van der Waals surface area contributed by atoms with Gasteiger partial charge in [0.15, 0.2) is 0 Å². The van der Waals surface area contributed by atoms with Crippen LogP contribution < -0.4 is 5.32 Å². The first kappa shape index (κ1) is 20.5. The number of nitrogens with zero attached hydrogens (tertiary/aromatic N) is 4. The molecular formula is C25H28N6O. The Morgan fingerprint density at radius 2 is 2.03 bits per heavy atom. The molecule has 0 spiro atoms. The Hall–Kier alpha value is -3.45. The summed E-state index contributed by atoms with van der Waals surface area (Å²) in [7, 11) is 0. The van der Waals surface area contributed by atoms with Gasteiger partial charge in [0.1, 0.15) is 5.82 Å². The minimum atomic E-state index is 0.0000181. The van der Waals surface area contributed by atoms with Crippen molar-refractivity contribution in [3.63, 3.8) is 0 Å². The number of carbonyl (C=O) groups is 1. The number of piperidine rings is 1. The number of likely N-dealkylation sites (tertiary alicyclic amines) is 1. The van der Waals surface area contributed by atoms with Crippen LogP contribution in [0.1, 0.15) is 25.3 Å². The second-order valence-electron chi connectivity index (χ2n) is 8.45. The zero-order valence-corrected chi connectivity index (χ0v) is 18.3. The van der Waals surface area contributed by atoms with Gasteiger partial charge in [-0.15, -0.1) is 0 Å². The summed E-state index contributed by atoms with van der Waals surface area (Å²) in [5, 5.41) is 7.46. The predicted octanol–water partition coefficient (Wildman–Crippen LogP) is 4.30. The summed E-state index contributed by atoms with van der Waals surface area (Å²) < 4.78 is 1.94. The predicted molar refractivity (Wildman–Crippen MR) is 126 cm³/mol. The quantitative estimate of drug-likeness (QED) is 0.480. The van der Waals surface area contributed by atoms with Gasteiger partial charge in [0.05, 0.1) is 23.1 Å². The highest BCUT2D eigenvalue weighted by Crippen LogP contribution is 2.24. The maximum absolute atomic E-state index is 12.9. The Bertz CT molecular complexity index is 1180. The highest BCUT2D eigenvalue weighted by atomic mass is 16.1. The summed E-state index contributed by atoms with van der Waals surface area (Å²) in [6.07, 6.45) is 5.97. The van der Waals surface area contributed by atoms with Gasteiger partial charge in [0.2, 0.25) is 5.91 Å². The van der Waals surface area contributed by atoms with Crippen LogP contribution in [0.5, 0.6) is 0 Å². The standard InChI is InChI=1S/C25H28N6O/c1-2-31-16-18(14-26-31)15-30-13-5-6-20(17-30)25(32)27-21-11-9-19(10-12-21)24-28-22-7-3-4-8-23(22)29-24/h3-4,7-12,14,16,20H,2,5-6,13,15,17H2,1H3,(H,27,32)(H,28,29)/t20-/m0/s1. The van der Waals surface area contributed by atoms with Crippen LogP contribution in [0.15, 0.2) is 60.9 Å². The highest BCUT2D eigenvalue weighted by molar-refractivity contribution is 5.93. The van der Waals surface area contributed by atoms with Crippen molar-refractivity contribution in [2.24, 2.45) is 5.92 Å². The fourth-order valence-corrected chi connectivity index (χ4v) is 4.38. The molecule has 0 saturated carbocycles. The molecular weight excluding hydrogens is 400 g/mol. The van der Waals surface area contributed by atoms with Crippen molar-refractivity contribution in [2.75, 3.05) is 18.4 Å². The number of nitrogens with one attached hydrogen (secondary N) is 2. The molecule has 0 bridgehead atoms. The Labute approximate surface area is 187 Å². The van der Waals surface area contributed by atoms with Crippen LogP contribution >= 0.6 is 0 Å². The van der Waals surface area contributed by atoms with Gasteiger partial charge in [0.25, 0.3) is 0 Å². The van der Waals surface area contributed by atoms with Gasteiger partial charge in [-0.3, -0.25) is 14.4 Å². The van der Waals surface area contributed by atoms with E-state index < -0.39 is 0 Å². The van der Waals surface area contributed by atoms with E-state index in [1.165, 1.54) is 5.56 Å². The molecule has 2 aromatic carbocycles. The summed E-state index contributed by atoms with van der Waals surface area (Å²) in [6, 6.07) is 15.9. The summed E-state index contributed by atoms with van der Waals surface area (Å²) in [5.74, 6) is 0.925. The van der Waals surface area contributed by atoms with Gasteiger partial charge in [0, 0.05) is 42.6 Å². The van der Waals surface area contributed by atoms with Crippen LogP contribution in [-0.4, -0.2) is 43.6 Å². The third-order valence-electron chi connectivity index (χ3n) is 6.11. The lowest BCUT2D eigenvalue weighted by atomic mass is 9.96. The monoisotopic (exact) mass is 428 g/mol. The first-order valence-corrected chi connectivity index (χ1v) is 11.3. The number of H-pyrrole nitrogens is 1. The molecule has 1 amide bonds. The number of para-hydroxylation sites is 2. The molecule has 1 aliphatic heterocycles. The smallest absolute Gasteiger partial charge is 0.228 e. The van der Waals surface area contributed by atoms with E-state index in [4.69, 9.17) is 0 Å². The molecule has 1 saturated heterocycles. The largest absolute Gasteiger partial charge is 0.338 e. The number of aryl methyl sites for hydroxylation is 1.